The lowest BCUT2D eigenvalue weighted by Crippen LogP contribution is -2.45. The second kappa shape index (κ2) is 7.79. The van der Waals surface area contributed by atoms with Gasteiger partial charge in [-0.2, -0.15) is 0 Å². The van der Waals surface area contributed by atoms with Crippen LogP contribution in [0.4, 0.5) is 0 Å². The Morgan fingerprint density at radius 2 is 1.55 bits per heavy atom. The first-order chi connectivity index (χ1) is 14.0. The van der Waals surface area contributed by atoms with Gasteiger partial charge in [-0.25, -0.2) is 0 Å². The molecule has 6 heteroatoms. The summed E-state index contributed by atoms with van der Waals surface area (Å²) in [5.41, 5.74) is 2.97. The first-order valence-electron chi connectivity index (χ1n) is 9.87. The maximum atomic E-state index is 12.4. The minimum absolute atomic E-state index is 0.103. The summed E-state index contributed by atoms with van der Waals surface area (Å²) in [6.07, 6.45) is 2.22. The Morgan fingerprint density at radius 3 is 2.10 bits per heavy atom. The molecule has 1 N–H and O–H groups in total. The van der Waals surface area contributed by atoms with Crippen molar-refractivity contribution >= 4 is 17.7 Å². The minimum atomic E-state index is -0.415. The summed E-state index contributed by atoms with van der Waals surface area (Å²) in [4.78, 5) is 38.3. The lowest BCUT2D eigenvalue weighted by Gasteiger charge is -2.27. The third-order valence-electron chi connectivity index (χ3n) is 5.85. The molecule has 1 aliphatic heterocycles. The van der Waals surface area contributed by atoms with Gasteiger partial charge in [0.05, 0.1) is 16.7 Å². The quantitative estimate of drug-likeness (QED) is 0.734. The van der Waals surface area contributed by atoms with E-state index in [4.69, 9.17) is 4.74 Å². The lowest BCUT2D eigenvalue weighted by molar-refractivity contribution is -0.122. The Hall–Kier alpha value is -2.99. The standard InChI is InChI=1S/C23H24N2O4/c1-29-23(13-16-7-2-3-8-17(16)14-23)15-24-20(26)11-6-12-25-21(27)18-9-4-5-10-19(18)22(25)28/h2-5,7-10H,6,11-15H2,1H3,(H,24,26). The molecule has 0 saturated carbocycles. The molecule has 0 bridgehead atoms. The van der Waals surface area contributed by atoms with Crippen LogP contribution in [0.2, 0.25) is 0 Å². The largest absolute Gasteiger partial charge is 0.376 e. The number of carbonyl (C=O) groups is 3. The molecule has 0 fully saturated rings. The van der Waals surface area contributed by atoms with E-state index in [0.717, 1.165) is 12.8 Å². The molecule has 0 atom stereocenters. The van der Waals surface area contributed by atoms with Gasteiger partial charge in [-0.05, 0) is 29.7 Å². The van der Waals surface area contributed by atoms with Gasteiger partial charge in [0.2, 0.25) is 5.91 Å². The van der Waals surface area contributed by atoms with Gasteiger partial charge in [0.1, 0.15) is 0 Å². The maximum Gasteiger partial charge on any atom is 0.261 e. The molecule has 0 aromatic heterocycles. The summed E-state index contributed by atoms with van der Waals surface area (Å²) in [5, 5.41) is 2.96. The highest BCUT2D eigenvalue weighted by Crippen LogP contribution is 2.32. The topological polar surface area (TPSA) is 75.7 Å². The van der Waals surface area contributed by atoms with Crippen molar-refractivity contribution in [3.8, 4) is 0 Å². The Kier molecular flexibility index (Phi) is 5.20. The Bertz CT molecular complexity index is 909. The number of ether oxygens (including phenoxy) is 1. The van der Waals surface area contributed by atoms with Gasteiger partial charge in [-0.1, -0.05) is 36.4 Å². The molecule has 0 spiro atoms. The molecule has 1 aliphatic carbocycles. The number of methoxy groups -OCH3 is 1. The van der Waals surface area contributed by atoms with E-state index in [2.05, 4.69) is 17.4 Å². The van der Waals surface area contributed by atoms with Crippen LogP contribution in [0.5, 0.6) is 0 Å². The Balaban J connectivity index is 1.26. The number of imide groups is 1. The molecule has 2 aromatic carbocycles. The van der Waals surface area contributed by atoms with E-state index in [-0.39, 0.29) is 30.7 Å². The van der Waals surface area contributed by atoms with Crippen LogP contribution in [0.3, 0.4) is 0 Å². The average Bonchev–Trinajstić information content (AvgIpc) is 3.24. The maximum absolute atomic E-state index is 12.4. The van der Waals surface area contributed by atoms with E-state index in [9.17, 15) is 14.4 Å². The highest BCUT2D eigenvalue weighted by atomic mass is 16.5. The van der Waals surface area contributed by atoms with Crippen LogP contribution in [-0.2, 0) is 22.4 Å². The van der Waals surface area contributed by atoms with E-state index in [0.29, 0.717) is 24.1 Å². The molecule has 4 rings (SSSR count). The third kappa shape index (κ3) is 3.68. The first kappa shape index (κ1) is 19.3. The molecule has 0 unspecified atom stereocenters. The van der Waals surface area contributed by atoms with Crippen molar-refractivity contribution in [1.82, 2.24) is 10.2 Å². The van der Waals surface area contributed by atoms with Crippen LogP contribution < -0.4 is 5.32 Å². The molecule has 2 aromatic rings. The Morgan fingerprint density at radius 1 is 1.00 bits per heavy atom. The molecule has 0 saturated heterocycles. The molecular weight excluding hydrogens is 368 g/mol. The zero-order chi connectivity index (χ0) is 20.4. The van der Waals surface area contributed by atoms with Crippen LogP contribution in [0.15, 0.2) is 48.5 Å². The van der Waals surface area contributed by atoms with E-state index in [1.807, 2.05) is 12.1 Å². The van der Waals surface area contributed by atoms with Crippen molar-refractivity contribution in [3.05, 3.63) is 70.8 Å². The summed E-state index contributed by atoms with van der Waals surface area (Å²) < 4.78 is 5.77. The van der Waals surface area contributed by atoms with Gasteiger partial charge in [0, 0.05) is 39.5 Å². The number of benzene rings is 2. The third-order valence-corrected chi connectivity index (χ3v) is 5.85. The van der Waals surface area contributed by atoms with Crippen molar-refractivity contribution in [2.24, 2.45) is 0 Å². The average molecular weight is 392 g/mol. The van der Waals surface area contributed by atoms with Gasteiger partial charge < -0.3 is 10.1 Å². The fourth-order valence-corrected chi connectivity index (χ4v) is 4.19. The Labute approximate surface area is 169 Å². The van der Waals surface area contributed by atoms with E-state index >= 15 is 0 Å². The monoisotopic (exact) mass is 392 g/mol. The number of hydrogen-bond acceptors (Lipinski definition) is 4. The van der Waals surface area contributed by atoms with Gasteiger partial charge in [0.25, 0.3) is 11.8 Å². The highest BCUT2D eigenvalue weighted by molar-refractivity contribution is 6.21. The van der Waals surface area contributed by atoms with Crippen molar-refractivity contribution < 1.29 is 19.1 Å². The highest BCUT2D eigenvalue weighted by Gasteiger charge is 2.38. The number of rotatable bonds is 7. The first-order valence-corrected chi connectivity index (χ1v) is 9.87. The second-order valence-electron chi connectivity index (χ2n) is 7.70. The molecule has 1 heterocycles. The smallest absolute Gasteiger partial charge is 0.261 e. The number of amides is 3. The predicted molar refractivity (Wildman–Crippen MR) is 108 cm³/mol. The van der Waals surface area contributed by atoms with Crippen LogP contribution in [0.25, 0.3) is 0 Å². The second-order valence-corrected chi connectivity index (χ2v) is 7.70. The van der Waals surface area contributed by atoms with Crippen molar-refractivity contribution in [3.63, 3.8) is 0 Å². The fraction of sp³-hybridized carbons (Fsp3) is 0.348. The molecule has 29 heavy (non-hydrogen) atoms. The zero-order valence-corrected chi connectivity index (χ0v) is 16.4. The molecule has 6 nitrogen and oxygen atoms in total. The van der Waals surface area contributed by atoms with E-state index in [1.165, 1.54) is 16.0 Å². The molecule has 150 valence electrons. The van der Waals surface area contributed by atoms with Gasteiger partial charge in [-0.3, -0.25) is 19.3 Å². The molecule has 3 amide bonds. The van der Waals surface area contributed by atoms with E-state index in [1.54, 1.807) is 31.4 Å². The summed E-state index contributed by atoms with van der Waals surface area (Å²) in [5.74, 6) is -0.671. The summed E-state index contributed by atoms with van der Waals surface area (Å²) in [6.45, 7) is 0.671. The summed E-state index contributed by atoms with van der Waals surface area (Å²) in [7, 11) is 1.68. The minimum Gasteiger partial charge on any atom is -0.376 e. The lowest BCUT2D eigenvalue weighted by atomic mass is 10.00. The molecule has 2 aliphatic rings. The summed E-state index contributed by atoms with van der Waals surface area (Å²) >= 11 is 0. The number of nitrogens with one attached hydrogen (secondary N) is 1. The van der Waals surface area contributed by atoms with E-state index < -0.39 is 5.60 Å². The normalized spacial score (nSPS) is 16.7. The van der Waals surface area contributed by atoms with Gasteiger partial charge in [-0.15, -0.1) is 0 Å². The van der Waals surface area contributed by atoms with Crippen molar-refractivity contribution in [2.75, 3.05) is 20.2 Å². The van der Waals surface area contributed by atoms with Crippen molar-refractivity contribution in [2.45, 2.75) is 31.3 Å². The molecular formula is C23H24N2O4. The number of fused-ring (bicyclic) bond motifs is 2. The van der Waals surface area contributed by atoms with Gasteiger partial charge >= 0.3 is 0 Å². The van der Waals surface area contributed by atoms with Crippen LogP contribution in [-0.4, -0.2) is 48.4 Å². The fourth-order valence-electron chi connectivity index (χ4n) is 4.19. The number of nitrogens with zero attached hydrogens (tertiary/aromatic N) is 1. The van der Waals surface area contributed by atoms with Crippen LogP contribution >= 0.6 is 0 Å². The van der Waals surface area contributed by atoms with Gasteiger partial charge in [0.15, 0.2) is 0 Å². The van der Waals surface area contributed by atoms with Crippen molar-refractivity contribution in [1.29, 1.82) is 0 Å². The molecule has 0 radical (unpaired) electrons. The SMILES string of the molecule is COC1(CNC(=O)CCCN2C(=O)c3ccccc3C2=O)Cc2ccccc2C1. The number of hydrogen-bond donors (Lipinski definition) is 1. The van der Waals surface area contributed by atoms with Crippen LogP contribution in [0.1, 0.15) is 44.7 Å². The predicted octanol–water partition coefficient (Wildman–Crippen LogP) is 2.36. The summed E-state index contributed by atoms with van der Waals surface area (Å²) in [6, 6.07) is 15.0. The zero-order valence-electron chi connectivity index (χ0n) is 16.4. The van der Waals surface area contributed by atoms with Crippen LogP contribution in [0, 0.1) is 0 Å². The number of carbonyl (C=O) groups excluding carboxylic acids is 3.